The lowest BCUT2D eigenvalue weighted by atomic mass is 10.2. The number of hydrogen-bond acceptors (Lipinski definition) is 5. The molecular formula is C16H21N3O2. The number of anilines is 2. The van der Waals surface area contributed by atoms with Crippen LogP contribution in [0.25, 0.3) is 0 Å². The number of benzene rings is 1. The van der Waals surface area contributed by atoms with Crippen molar-refractivity contribution >= 4 is 11.4 Å². The van der Waals surface area contributed by atoms with Gasteiger partial charge >= 0.3 is 0 Å². The first kappa shape index (κ1) is 15.3. The van der Waals surface area contributed by atoms with Gasteiger partial charge in [0, 0.05) is 24.7 Å². The predicted molar refractivity (Wildman–Crippen MR) is 83.1 cm³/mol. The molecule has 0 atom stereocenters. The molecule has 0 saturated carbocycles. The lowest BCUT2D eigenvalue weighted by Crippen LogP contribution is -2.15. The number of aliphatic hydroxyl groups is 1. The number of nitrogens with zero attached hydrogens (tertiary/aromatic N) is 3. The Morgan fingerprint density at radius 1 is 1.33 bits per heavy atom. The maximum absolute atomic E-state index is 9.58. The van der Waals surface area contributed by atoms with Crippen LogP contribution in [0.15, 0.2) is 30.5 Å². The molecule has 0 bridgehead atoms. The first-order valence-corrected chi connectivity index (χ1v) is 6.91. The highest BCUT2D eigenvalue weighted by molar-refractivity contribution is 5.65. The van der Waals surface area contributed by atoms with Crippen LogP contribution in [0.2, 0.25) is 0 Å². The molecule has 0 aliphatic carbocycles. The molecule has 112 valence electrons. The zero-order valence-electron chi connectivity index (χ0n) is 12.9. The molecule has 21 heavy (non-hydrogen) atoms. The van der Waals surface area contributed by atoms with Crippen LogP contribution in [0, 0.1) is 0 Å². The maximum Gasteiger partial charge on any atom is 0.131 e. The van der Waals surface area contributed by atoms with Crippen molar-refractivity contribution in [2.24, 2.45) is 0 Å². The summed E-state index contributed by atoms with van der Waals surface area (Å²) in [6.45, 7) is 3.94. The molecule has 5 heteroatoms. The van der Waals surface area contributed by atoms with Gasteiger partial charge < -0.3 is 14.7 Å². The van der Waals surface area contributed by atoms with Crippen molar-refractivity contribution < 1.29 is 9.84 Å². The second-order valence-electron chi connectivity index (χ2n) is 5.13. The lowest BCUT2D eigenvalue weighted by molar-refractivity contribution is 0.276. The Labute approximate surface area is 125 Å². The Morgan fingerprint density at radius 3 is 2.71 bits per heavy atom. The molecular weight excluding hydrogens is 266 g/mol. The molecule has 1 aromatic heterocycles. The van der Waals surface area contributed by atoms with Gasteiger partial charge in [-0.15, -0.1) is 0 Å². The molecule has 0 fully saturated rings. The van der Waals surface area contributed by atoms with Gasteiger partial charge in [-0.05, 0) is 12.1 Å². The fourth-order valence-corrected chi connectivity index (χ4v) is 2.06. The molecule has 1 aromatic carbocycles. The number of rotatable bonds is 5. The Kier molecular flexibility index (Phi) is 4.75. The quantitative estimate of drug-likeness (QED) is 0.916. The van der Waals surface area contributed by atoms with E-state index in [1.54, 1.807) is 13.3 Å². The average Bonchev–Trinajstić information content (AvgIpc) is 2.53. The molecule has 0 saturated heterocycles. The van der Waals surface area contributed by atoms with Crippen molar-refractivity contribution in [3.8, 4) is 5.75 Å². The van der Waals surface area contributed by atoms with Gasteiger partial charge in [0.15, 0.2) is 0 Å². The van der Waals surface area contributed by atoms with Crippen LogP contribution in [-0.2, 0) is 6.61 Å². The highest BCUT2D eigenvalue weighted by Crippen LogP contribution is 2.28. The second kappa shape index (κ2) is 6.54. The fourth-order valence-electron chi connectivity index (χ4n) is 2.06. The van der Waals surface area contributed by atoms with E-state index in [9.17, 15) is 5.11 Å². The van der Waals surface area contributed by atoms with Crippen LogP contribution in [0.3, 0.4) is 0 Å². The summed E-state index contributed by atoms with van der Waals surface area (Å²) in [5.74, 6) is 1.75. The van der Waals surface area contributed by atoms with Crippen molar-refractivity contribution in [1.29, 1.82) is 0 Å². The summed E-state index contributed by atoms with van der Waals surface area (Å²) in [6.07, 6.45) is 1.76. The van der Waals surface area contributed by atoms with Crippen LogP contribution in [0.5, 0.6) is 5.75 Å². The van der Waals surface area contributed by atoms with Crippen molar-refractivity contribution in [1.82, 2.24) is 9.97 Å². The Morgan fingerprint density at radius 2 is 2.10 bits per heavy atom. The van der Waals surface area contributed by atoms with Crippen molar-refractivity contribution in [3.05, 3.63) is 42.0 Å². The summed E-state index contributed by atoms with van der Waals surface area (Å²) < 4.78 is 5.24. The summed E-state index contributed by atoms with van der Waals surface area (Å²) >= 11 is 0. The molecule has 0 unspecified atom stereocenters. The molecule has 0 amide bonds. The lowest BCUT2D eigenvalue weighted by Gasteiger charge is -2.22. The molecule has 0 aliphatic rings. The van der Waals surface area contributed by atoms with Gasteiger partial charge in [0.05, 0.1) is 31.3 Å². The third kappa shape index (κ3) is 3.31. The van der Waals surface area contributed by atoms with Crippen LogP contribution >= 0.6 is 0 Å². The molecule has 1 N–H and O–H groups in total. The second-order valence-corrected chi connectivity index (χ2v) is 5.13. The SMILES string of the molecule is COc1cccc(N(C)c2cnc(C(C)C)nc2CO)c1. The first-order valence-electron chi connectivity index (χ1n) is 6.91. The number of ether oxygens (including phenoxy) is 1. The molecule has 0 aliphatic heterocycles. The minimum absolute atomic E-state index is 0.119. The molecule has 0 radical (unpaired) electrons. The van der Waals surface area contributed by atoms with Crippen molar-refractivity contribution in [2.45, 2.75) is 26.4 Å². The maximum atomic E-state index is 9.58. The van der Waals surface area contributed by atoms with Gasteiger partial charge in [-0.2, -0.15) is 0 Å². The molecule has 5 nitrogen and oxygen atoms in total. The van der Waals surface area contributed by atoms with Gasteiger partial charge in [-0.1, -0.05) is 19.9 Å². The first-order chi connectivity index (χ1) is 10.1. The van der Waals surface area contributed by atoms with Gasteiger partial charge in [0.2, 0.25) is 0 Å². The molecule has 1 heterocycles. The number of hydrogen-bond donors (Lipinski definition) is 1. The Bertz CT molecular complexity index is 614. The highest BCUT2D eigenvalue weighted by Gasteiger charge is 2.14. The number of methoxy groups -OCH3 is 1. The van der Waals surface area contributed by atoms with Gasteiger partial charge in [-0.3, -0.25) is 0 Å². The van der Waals surface area contributed by atoms with Gasteiger partial charge in [0.25, 0.3) is 0 Å². The predicted octanol–water partition coefficient (Wildman–Crippen LogP) is 2.87. The summed E-state index contributed by atoms with van der Waals surface area (Å²) in [5, 5.41) is 9.58. The van der Waals surface area contributed by atoms with Crippen LogP contribution in [-0.4, -0.2) is 29.2 Å². The normalized spacial score (nSPS) is 10.8. The van der Waals surface area contributed by atoms with Crippen molar-refractivity contribution in [2.75, 3.05) is 19.1 Å². The van der Waals surface area contributed by atoms with Crippen LogP contribution < -0.4 is 9.64 Å². The zero-order chi connectivity index (χ0) is 15.4. The summed E-state index contributed by atoms with van der Waals surface area (Å²) in [5.41, 5.74) is 2.36. The van der Waals surface area contributed by atoms with E-state index in [0.29, 0.717) is 5.69 Å². The van der Waals surface area contributed by atoms with Crippen LogP contribution in [0.1, 0.15) is 31.3 Å². The molecule has 2 aromatic rings. The third-order valence-electron chi connectivity index (χ3n) is 3.33. The minimum atomic E-state index is -0.119. The fraction of sp³-hybridized carbons (Fsp3) is 0.375. The topological polar surface area (TPSA) is 58.5 Å². The Balaban J connectivity index is 2.40. The van der Waals surface area contributed by atoms with E-state index in [1.165, 1.54) is 0 Å². The van der Waals surface area contributed by atoms with Crippen LogP contribution in [0.4, 0.5) is 11.4 Å². The largest absolute Gasteiger partial charge is 0.497 e. The summed E-state index contributed by atoms with van der Waals surface area (Å²) in [4.78, 5) is 10.8. The van der Waals surface area contributed by atoms with E-state index >= 15 is 0 Å². The minimum Gasteiger partial charge on any atom is -0.497 e. The smallest absolute Gasteiger partial charge is 0.131 e. The van der Waals surface area contributed by atoms with Gasteiger partial charge in [0.1, 0.15) is 11.6 Å². The number of aliphatic hydroxyl groups excluding tert-OH is 1. The highest BCUT2D eigenvalue weighted by atomic mass is 16.5. The summed E-state index contributed by atoms with van der Waals surface area (Å²) in [7, 11) is 3.56. The standard InChI is InChI=1S/C16H21N3O2/c1-11(2)16-17-9-15(14(10-20)18-16)19(3)12-6-5-7-13(8-12)21-4/h5-9,11,20H,10H2,1-4H3. The monoisotopic (exact) mass is 287 g/mol. The van der Waals surface area contributed by atoms with E-state index in [2.05, 4.69) is 9.97 Å². The molecule has 0 spiro atoms. The van der Waals surface area contributed by atoms with E-state index in [0.717, 1.165) is 22.9 Å². The zero-order valence-corrected chi connectivity index (χ0v) is 12.9. The molecule has 2 rings (SSSR count). The van der Waals surface area contributed by atoms with E-state index < -0.39 is 0 Å². The van der Waals surface area contributed by atoms with E-state index in [1.807, 2.05) is 50.1 Å². The van der Waals surface area contributed by atoms with Crippen molar-refractivity contribution in [3.63, 3.8) is 0 Å². The summed E-state index contributed by atoms with van der Waals surface area (Å²) in [6, 6.07) is 7.72. The van der Waals surface area contributed by atoms with E-state index in [4.69, 9.17) is 4.74 Å². The average molecular weight is 287 g/mol. The Hall–Kier alpha value is -2.14. The van der Waals surface area contributed by atoms with Gasteiger partial charge in [-0.25, -0.2) is 9.97 Å². The third-order valence-corrected chi connectivity index (χ3v) is 3.33. The van der Waals surface area contributed by atoms with E-state index in [-0.39, 0.29) is 12.5 Å². The number of aromatic nitrogens is 2.